The van der Waals surface area contributed by atoms with Gasteiger partial charge in [-0.15, -0.1) is 0 Å². The maximum atomic E-state index is 12.1. The van der Waals surface area contributed by atoms with E-state index in [1.54, 1.807) is 19.0 Å². The van der Waals surface area contributed by atoms with Crippen LogP contribution in [-0.4, -0.2) is 43.1 Å². The Kier molecular flexibility index (Phi) is 5.98. The number of ether oxygens (including phenoxy) is 1. The molecule has 1 aromatic rings. The number of nitrogens with two attached hydrogens (primary N) is 1. The summed E-state index contributed by atoms with van der Waals surface area (Å²) in [6, 6.07) is 9.29. The molecule has 1 aliphatic rings. The standard InChI is InChI=1S/C17H25N3O3/c1-20(2)16(21)13-8-14(18)10-15(9-13)19-17(22)23-11-12-6-4-3-5-7-12/h3-7,13-15H,8-11,18H2,1-2H3,(H,19,22)/t13-,14+,15-/m0/s1. The number of nitrogens with zero attached hydrogens (tertiary/aromatic N) is 1. The summed E-state index contributed by atoms with van der Waals surface area (Å²) in [7, 11) is 3.47. The Balaban J connectivity index is 1.83. The molecule has 0 aliphatic heterocycles. The summed E-state index contributed by atoms with van der Waals surface area (Å²) in [6.45, 7) is 0.228. The molecule has 0 saturated heterocycles. The minimum Gasteiger partial charge on any atom is -0.445 e. The van der Waals surface area contributed by atoms with Gasteiger partial charge in [-0.05, 0) is 24.8 Å². The Morgan fingerprint density at radius 3 is 2.57 bits per heavy atom. The van der Waals surface area contributed by atoms with Gasteiger partial charge in [0.15, 0.2) is 0 Å². The van der Waals surface area contributed by atoms with Crippen molar-refractivity contribution in [3.8, 4) is 0 Å². The molecule has 0 aromatic heterocycles. The fraction of sp³-hybridized carbons (Fsp3) is 0.529. The number of nitrogens with one attached hydrogen (secondary N) is 1. The van der Waals surface area contributed by atoms with Crippen molar-refractivity contribution in [3.63, 3.8) is 0 Å². The van der Waals surface area contributed by atoms with Crippen molar-refractivity contribution < 1.29 is 14.3 Å². The number of carbonyl (C=O) groups is 2. The number of rotatable bonds is 4. The van der Waals surface area contributed by atoms with Gasteiger partial charge in [0.1, 0.15) is 6.61 Å². The highest BCUT2D eigenvalue weighted by Crippen LogP contribution is 2.25. The lowest BCUT2D eigenvalue weighted by atomic mass is 9.82. The molecule has 6 nitrogen and oxygen atoms in total. The highest BCUT2D eigenvalue weighted by Gasteiger charge is 2.33. The molecule has 126 valence electrons. The summed E-state index contributed by atoms with van der Waals surface area (Å²) < 4.78 is 5.22. The van der Waals surface area contributed by atoms with Crippen LogP contribution in [0.2, 0.25) is 0 Å². The molecular formula is C17H25N3O3. The van der Waals surface area contributed by atoms with E-state index in [1.807, 2.05) is 30.3 Å². The predicted octanol–water partition coefficient (Wildman–Crippen LogP) is 1.50. The lowest BCUT2D eigenvalue weighted by Crippen LogP contribution is -2.48. The smallest absolute Gasteiger partial charge is 0.407 e. The molecule has 1 saturated carbocycles. The first kappa shape index (κ1) is 17.3. The molecule has 3 N–H and O–H groups in total. The third-order valence-electron chi connectivity index (χ3n) is 4.07. The SMILES string of the molecule is CN(C)C(=O)[C@H]1C[C@@H](N)C[C@@H](NC(=O)OCc2ccccc2)C1. The van der Waals surface area contributed by atoms with Gasteiger partial charge in [0.05, 0.1) is 0 Å². The van der Waals surface area contributed by atoms with Crippen LogP contribution >= 0.6 is 0 Å². The Morgan fingerprint density at radius 1 is 1.22 bits per heavy atom. The topological polar surface area (TPSA) is 84.7 Å². The van der Waals surface area contributed by atoms with Crippen LogP contribution in [0.1, 0.15) is 24.8 Å². The van der Waals surface area contributed by atoms with Gasteiger partial charge in [-0.25, -0.2) is 4.79 Å². The molecule has 3 atom stereocenters. The van der Waals surface area contributed by atoms with Crippen molar-refractivity contribution in [1.29, 1.82) is 0 Å². The predicted molar refractivity (Wildman–Crippen MR) is 87.6 cm³/mol. The third kappa shape index (κ3) is 5.25. The van der Waals surface area contributed by atoms with Gasteiger partial charge in [-0.2, -0.15) is 0 Å². The average Bonchev–Trinajstić information content (AvgIpc) is 2.52. The number of carbonyl (C=O) groups excluding carboxylic acids is 2. The van der Waals surface area contributed by atoms with E-state index < -0.39 is 6.09 Å². The molecule has 0 bridgehead atoms. The molecule has 1 aromatic carbocycles. The normalized spacial score (nSPS) is 23.9. The van der Waals surface area contributed by atoms with Gasteiger partial charge in [0, 0.05) is 32.1 Å². The van der Waals surface area contributed by atoms with Crippen LogP contribution in [0.3, 0.4) is 0 Å². The van der Waals surface area contributed by atoms with Crippen LogP contribution in [-0.2, 0) is 16.1 Å². The van der Waals surface area contributed by atoms with Crippen molar-refractivity contribution in [2.75, 3.05) is 14.1 Å². The zero-order valence-electron chi connectivity index (χ0n) is 13.7. The van der Waals surface area contributed by atoms with E-state index in [4.69, 9.17) is 10.5 Å². The molecule has 6 heteroatoms. The maximum Gasteiger partial charge on any atom is 0.407 e. The zero-order chi connectivity index (χ0) is 16.8. The Labute approximate surface area is 137 Å². The summed E-state index contributed by atoms with van der Waals surface area (Å²) in [6.07, 6.45) is 1.46. The molecule has 0 spiro atoms. The van der Waals surface area contributed by atoms with Gasteiger partial charge in [0.2, 0.25) is 5.91 Å². The molecule has 23 heavy (non-hydrogen) atoms. The molecule has 2 rings (SSSR count). The second-order valence-corrected chi connectivity index (χ2v) is 6.30. The number of benzene rings is 1. The van der Waals surface area contributed by atoms with Gasteiger partial charge in [0.25, 0.3) is 0 Å². The van der Waals surface area contributed by atoms with Crippen LogP contribution < -0.4 is 11.1 Å². The van der Waals surface area contributed by atoms with Crippen molar-refractivity contribution in [2.45, 2.75) is 38.0 Å². The minimum absolute atomic E-state index is 0.0598. The van der Waals surface area contributed by atoms with Crippen LogP contribution in [0.4, 0.5) is 4.79 Å². The number of amides is 2. The van der Waals surface area contributed by atoms with Crippen molar-refractivity contribution >= 4 is 12.0 Å². The minimum atomic E-state index is -0.469. The van der Waals surface area contributed by atoms with Crippen molar-refractivity contribution in [3.05, 3.63) is 35.9 Å². The molecule has 0 heterocycles. The average molecular weight is 319 g/mol. The molecule has 1 fully saturated rings. The first-order valence-electron chi connectivity index (χ1n) is 7.89. The summed E-state index contributed by atoms with van der Waals surface area (Å²) in [4.78, 5) is 25.6. The summed E-state index contributed by atoms with van der Waals surface area (Å²) >= 11 is 0. The molecular weight excluding hydrogens is 294 g/mol. The Hall–Kier alpha value is -2.08. The van der Waals surface area contributed by atoms with Crippen molar-refractivity contribution in [2.24, 2.45) is 11.7 Å². The number of hydrogen-bond donors (Lipinski definition) is 2. The van der Waals surface area contributed by atoms with Crippen LogP contribution in [0.15, 0.2) is 30.3 Å². The lowest BCUT2D eigenvalue weighted by molar-refractivity contribution is -0.134. The molecule has 1 aliphatic carbocycles. The van der Waals surface area contributed by atoms with E-state index in [2.05, 4.69) is 5.32 Å². The van der Waals surface area contributed by atoms with Crippen LogP contribution in [0.5, 0.6) is 0 Å². The van der Waals surface area contributed by atoms with Crippen LogP contribution in [0.25, 0.3) is 0 Å². The summed E-state index contributed by atoms with van der Waals surface area (Å²) in [5.41, 5.74) is 6.97. The summed E-state index contributed by atoms with van der Waals surface area (Å²) in [5, 5.41) is 2.83. The van der Waals surface area contributed by atoms with E-state index in [0.29, 0.717) is 19.3 Å². The van der Waals surface area contributed by atoms with Gasteiger partial charge in [-0.1, -0.05) is 30.3 Å². The van der Waals surface area contributed by atoms with E-state index in [9.17, 15) is 9.59 Å². The fourth-order valence-electron chi connectivity index (χ4n) is 2.98. The second-order valence-electron chi connectivity index (χ2n) is 6.30. The van der Waals surface area contributed by atoms with Gasteiger partial charge >= 0.3 is 6.09 Å². The van der Waals surface area contributed by atoms with E-state index >= 15 is 0 Å². The summed E-state index contributed by atoms with van der Waals surface area (Å²) in [5.74, 6) is -0.0854. The fourth-order valence-corrected chi connectivity index (χ4v) is 2.98. The lowest BCUT2D eigenvalue weighted by Gasteiger charge is -2.33. The molecule has 2 amide bonds. The highest BCUT2D eigenvalue weighted by atomic mass is 16.5. The van der Waals surface area contributed by atoms with Crippen molar-refractivity contribution in [1.82, 2.24) is 10.2 Å². The highest BCUT2D eigenvalue weighted by molar-refractivity contribution is 5.78. The van der Waals surface area contributed by atoms with Crippen LogP contribution in [0, 0.1) is 5.92 Å². The first-order chi connectivity index (χ1) is 11.0. The second kappa shape index (κ2) is 7.97. The largest absolute Gasteiger partial charge is 0.445 e. The van der Waals surface area contributed by atoms with E-state index in [0.717, 1.165) is 5.56 Å². The number of alkyl carbamates (subject to hydrolysis) is 1. The Bertz CT molecular complexity index is 533. The van der Waals surface area contributed by atoms with E-state index in [1.165, 1.54) is 0 Å². The zero-order valence-corrected chi connectivity index (χ0v) is 13.7. The van der Waals surface area contributed by atoms with Gasteiger partial charge < -0.3 is 20.7 Å². The van der Waals surface area contributed by atoms with E-state index in [-0.39, 0.29) is 30.5 Å². The Morgan fingerprint density at radius 2 is 1.91 bits per heavy atom. The number of hydrogen-bond acceptors (Lipinski definition) is 4. The monoisotopic (exact) mass is 319 g/mol. The van der Waals surface area contributed by atoms with Gasteiger partial charge in [-0.3, -0.25) is 4.79 Å². The third-order valence-corrected chi connectivity index (χ3v) is 4.07. The first-order valence-corrected chi connectivity index (χ1v) is 7.89. The molecule has 0 radical (unpaired) electrons. The molecule has 0 unspecified atom stereocenters. The maximum absolute atomic E-state index is 12.1. The quantitative estimate of drug-likeness (QED) is 0.881.